The first-order valence-electron chi connectivity index (χ1n) is 10.3. The molecule has 2 aliphatic rings. The highest BCUT2D eigenvalue weighted by Crippen LogP contribution is 2.11. The summed E-state index contributed by atoms with van der Waals surface area (Å²) in [4.78, 5) is 31.6. The molecule has 3 heterocycles. The van der Waals surface area contributed by atoms with E-state index in [-0.39, 0.29) is 11.5 Å². The summed E-state index contributed by atoms with van der Waals surface area (Å²) in [5, 5.41) is 8.82. The number of amides is 1. The molecule has 4 rings (SSSR count). The van der Waals surface area contributed by atoms with Gasteiger partial charge in [0, 0.05) is 39.3 Å². The van der Waals surface area contributed by atoms with Crippen molar-refractivity contribution in [3.05, 3.63) is 34.6 Å². The summed E-state index contributed by atoms with van der Waals surface area (Å²) in [5.41, 5.74) is 0.518. The molecule has 1 amide bonds. The molecular weight excluding hydrogens is 356 g/mol. The molecule has 2 aliphatic heterocycles. The Morgan fingerprint density at radius 1 is 0.893 bits per heavy atom. The number of rotatable bonds is 4. The minimum Gasteiger partial charge on any atom is -0.342 e. The average molecular weight is 384 g/mol. The van der Waals surface area contributed by atoms with Gasteiger partial charge in [-0.05, 0) is 25.0 Å². The van der Waals surface area contributed by atoms with Gasteiger partial charge in [0.05, 0.1) is 18.6 Å². The predicted molar refractivity (Wildman–Crippen MR) is 107 cm³/mol. The van der Waals surface area contributed by atoms with Crippen molar-refractivity contribution in [1.82, 2.24) is 29.7 Å². The van der Waals surface area contributed by atoms with Crippen LogP contribution in [0.2, 0.25) is 0 Å². The molecule has 0 bridgehead atoms. The molecule has 0 radical (unpaired) electrons. The lowest BCUT2D eigenvalue weighted by molar-refractivity contribution is -0.132. The average Bonchev–Trinajstić information content (AvgIpc) is 3.01. The van der Waals surface area contributed by atoms with Crippen LogP contribution in [0, 0.1) is 0 Å². The molecule has 0 N–H and O–H groups in total. The SMILES string of the molecule is O=C(CN1CCN(Cn2nnc3ccccc3c2=O)CC1)N1CCCCCC1. The first-order chi connectivity index (χ1) is 13.7. The number of carbonyl (C=O) groups is 1. The van der Waals surface area contributed by atoms with E-state index in [0.717, 1.165) is 52.1 Å². The Hall–Kier alpha value is -2.32. The fraction of sp³-hybridized carbons (Fsp3) is 0.600. The Morgan fingerprint density at radius 3 is 2.32 bits per heavy atom. The normalized spacial score (nSPS) is 19.6. The number of piperazine rings is 1. The molecule has 0 saturated carbocycles. The molecule has 0 atom stereocenters. The number of fused-ring (bicyclic) bond motifs is 1. The van der Waals surface area contributed by atoms with Crippen LogP contribution in [0.5, 0.6) is 0 Å². The van der Waals surface area contributed by atoms with Crippen LogP contribution < -0.4 is 5.56 Å². The summed E-state index contributed by atoms with van der Waals surface area (Å²) < 4.78 is 1.43. The highest BCUT2D eigenvalue weighted by atomic mass is 16.2. The molecule has 8 nitrogen and oxygen atoms in total. The summed E-state index contributed by atoms with van der Waals surface area (Å²) in [5.74, 6) is 0.256. The van der Waals surface area contributed by atoms with Crippen LogP contribution in [0.25, 0.3) is 10.9 Å². The zero-order chi connectivity index (χ0) is 19.3. The van der Waals surface area contributed by atoms with E-state index in [4.69, 9.17) is 0 Å². The quantitative estimate of drug-likeness (QED) is 0.775. The minimum absolute atomic E-state index is 0.107. The molecule has 0 unspecified atom stereocenters. The fourth-order valence-electron chi connectivity index (χ4n) is 4.01. The second kappa shape index (κ2) is 8.79. The molecule has 1 aromatic heterocycles. The van der Waals surface area contributed by atoms with E-state index in [1.807, 2.05) is 17.0 Å². The Labute approximate surface area is 164 Å². The van der Waals surface area contributed by atoms with Gasteiger partial charge in [-0.3, -0.25) is 19.4 Å². The van der Waals surface area contributed by atoms with Crippen LogP contribution >= 0.6 is 0 Å². The zero-order valence-electron chi connectivity index (χ0n) is 16.3. The smallest absolute Gasteiger partial charge is 0.278 e. The van der Waals surface area contributed by atoms with Crippen LogP contribution in [0.1, 0.15) is 25.7 Å². The van der Waals surface area contributed by atoms with Crippen molar-refractivity contribution in [3.8, 4) is 0 Å². The minimum atomic E-state index is -0.107. The molecule has 0 aliphatic carbocycles. The van der Waals surface area contributed by atoms with Gasteiger partial charge in [-0.2, -0.15) is 4.68 Å². The van der Waals surface area contributed by atoms with Crippen molar-refractivity contribution in [3.63, 3.8) is 0 Å². The van der Waals surface area contributed by atoms with Crippen molar-refractivity contribution in [2.45, 2.75) is 32.4 Å². The maximum absolute atomic E-state index is 12.6. The molecular formula is C20H28N6O2. The van der Waals surface area contributed by atoms with Crippen molar-refractivity contribution in [2.24, 2.45) is 0 Å². The van der Waals surface area contributed by atoms with E-state index in [1.165, 1.54) is 17.5 Å². The number of hydrogen-bond acceptors (Lipinski definition) is 6. The number of hydrogen-bond donors (Lipinski definition) is 0. The first kappa shape index (κ1) is 19.0. The third kappa shape index (κ3) is 4.39. The third-order valence-corrected chi connectivity index (χ3v) is 5.75. The van der Waals surface area contributed by atoms with Crippen LogP contribution in [0.3, 0.4) is 0 Å². The molecule has 0 spiro atoms. The Balaban J connectivity index is 1.30. The second-order valence-electron chi connectivity index (χ2n) is 7.74. The molecule has 8 heteroatoms. The van der Waals surface area contributed by atoms with E-state index >= 15 is 0 Å². The van der Waals surface area contributed by atoms with Gasteiger partial charge in [0.1, 0.15) is 5.52 Å². The molecule has 2 saturated heterocycles. The highest BCUT2D eigenvalue weighted by Gasteiger charge is 2.23. The standard InChI is InChI=1S/C20H28N6O2/c27-19(25-9-5-1-2-6-10-25)15-23-11-13-24(14-12-23)16-26-20(28)17-7-3-4-8-18(17)21-22-26/h3-4,7-8H,1-2,5-6,9-16H2. The zero-order valence-corrected chi connectivity index (χ0v) is 16.3. The van der Waals surface area contributed by atoms with E-state index in [2.05, 4.69) is 20.1 Å². The number of likely N-dealkylation sites (tertiary alicyclic amines) is 1. The van der Waals surface area contributed by atoms with Gasteiger partial charge in [0.2, 0.25) is 5.91 Å². The third-order valence-electron chi connectivity index (χ3n) is 5.75. The largest absolute Gasteiger partial charge is 0.342 e. The van der Waals surface area contributed by atoms with E-state index in [1.54, 1.807) is 12.1 Å². The molecule has 28 heavy (non-hydrogen) atoms. The first-order valence-corrected chi connectivity index (χ1v) is 10.3. The fourth-order valence-corrected chi connectivity index (χ4v) is 4.01. The second-order valence-corrected chi connectivity index (χ2v) is 7.74. The number of benzene rings is 1. The van der Waals surface area contributed by atoms with Gasteiger partial charge in [-0.1, -0.05) is 30.2 Å². The van der Waals surface area contributed by atoms with E-state index in [0.29, 0.717) is 24.1 Å². The Morgan fingerprint density at radius 2 is 1.57 bits per heavy atom. The van der Waals surface area contributed by atoms with Gasteiger partial charge in [-0.15, -0.1) is 5.10 Å². The maximum Gasteiger partial charge on any atom is 0.278 e. The van der Waals surface area contributed by atoms with Crippen LogP contribution in [0.15, 0.2) is 29.1 Å². The lowest BCUT2D eigenvalue weighted by Gasteiger charge is -2.35. The summed E-state index contributed by atoms with van der Waals surface area (Å²) in [7, 11) is 0. The van der Waals surface area contributed by atoms with Gasteiger partial charge >= 0.3 is 0 Å². The monoisotopic (exact) mass is 384 g/mol. The van der Waals surface area contributed by atoms with E-state index in [9.17, 15) is 9.59 Å². The van der Waals surface area contributed by atoms with Crippen molar-refractivity contribution >= 4 is 16.8 Å². The van der Waals surface area contributed by atoms with E-state index < -0.39 is 0 Å². The topological polar surface area (TPSA) is 74.6 Å². The summed E-state index contributed by atoms with van der Waals surface area (Å²) in [6.45, 7) is 6.03. The Kier molecular flexibility index (Phi) is 5.97. The number of nitrogens with zero attached hydrogens (tertiary/aromatic N) is 6. The number of aromatic nitrogens is 3. The summed E-state index contributed by atoms with van der Waals surface area (Å²) in [6, 6.07) is 7.28. The van der Waals surface area contributed by atoms with Gasteiger partial charge in [-0.25, -0.2) is 0 Å². The van der Waals surface area contributed by atoms with Crippen LogP contribution in [-0.2, 0) is 11.5 Å². The molecule has 2 aromatic rings. The summed E-state index contributed by atoms with van der Waals surface area (Å²) in [6.07, 6.45) is 4.72. The Bertz CT molecular complexity index is 866. The van der Waals surface area contributed by atoms with Crippen molar-refractivity contribution < 1.29 is 4.79 Å². The van der Waals surface area contributed by atoms with Crippen molar-refractivity contribution in [2.75, 3.05) is 45.8 Å². The maximum atomic E-state index is 12.6. The van der Waals surface area contributed by atoms with Crippen molar-refractivity contribution in [1.29, 1.82) is 0 Å². The van der Waals surface area contributed by atoms with Crippen LogP contribution in [0.4, 0.5) is 0 Å². The lowest BCUT2D eigenvalue weighted by Crippen LogP contribution is -2.51. The van der Waals surface area contributed by atoms with Gasteiger partial charge in [0.25, 0.3) is 5.56 Å². The molecule has 1 aromatic carbocycles. The highest BCUT2D eigenvalue weighted by molar-refractivity contribution is 5.78. The predicted octanol–water partition coefficient (Wildman–Crippen LogP) is 0.769. The molecule has 2 fully saturated rings. The summed E-state index contributed by atoms with van der Waals surface area (Å²) >= 11 is 0. The molecule has 150 valence electrons. The number of carbonyl (C=O) groups excluding carboxylic acids is 1. The van der Waals surface area contributed by atoms with Crippen LogP contribution in [-0.4, -0.2) is 81.4 Å². The van der Waals surface area contributed by atoms with Gasteiger partial charge in [0.15, 0.2) is 0 Å². The lowest BCUT2D eigenvalue weighted by atomic mass is 10.2. The van der Waals surface area contributed by atoms with Gasteiger partial charge < -0.3 is 4.90 Å².